The van der Waals surface area contributed by atoms with Crippen molar-refractivity contribution in [2.75, 3.05) is 67.6 Å². The number of rotatable bonds is 4. The number of fused-ring (bicyclic) bond motifs is 1. The van der Waals surface area contributed by atoms with Crippen LogP contribution in [0.5, 0.6) is 0 Å². The van der Waals surface area contributed by atoms with Gasteiger partial charge in [0, 0.05) is 57.6 Å². The Morgan fingerprint density at radius 2 is 1.76 bits per heavy atom. The number of pyridine rings is 1. The van der Waals surface area contributed by atoms with Crippen LogP contribution in [0.3, 0.4) is 0 Å². The first-order chi connectivity index (χ1) is 14.2. The Kier molecular flexibility index (Phi) is 4.87. The van der Waals surface area contributed by atoms with E-state index in [0.717, 1.165) is 68.8 Å². The van der Waals surface area contributed by atoms with Crippen LogP contribution in [0, 0.1) is 5.92 Å². The van der Waals surface area contributed by atoms with E-state index in [1.54, 1.807) is 6.20 Å². The van der Waals surface area contributed by atoms with Gasteiger partial charge in [-0.1, -0.05) is 12.1 Å². The van der Waals surface area contributed by atoms with Gasteiger partial charge < -0.3 is 19.6 Å². The van der Waals surface area contributed by atoms with Crippen molar-refractivity contribution >= 4 is 23.1 Å². The SMILES string of the molecule is CN1CCN(c2cc(C(=O)N3CCN(CC4CC4)c4ccccc43)ccn2)CC1. The van der Waals surface area contributed by atoms with Crippen molar-refractivity contribution in [3.8, 4) is 0 Å². The summed E-state index contributed by atoms with van der Waals surface area (Å²) in [6, 6.07) is 12.1. The highest BCUT2D eigenvalue weighted by atomic mass is 16.2. The molecule has 2 aliphatic heterocycles. The number of piperazine rings is 1. The number of hydrogen-bond acceptors (Lipinski definition) is 5. The summed E-state index contributed by atoms with van der Waals surface area (Å²) in [6.07, 6.45) is 4.46. The van der Waals surface area contributed by atoms with Crippen LogP contribution >= 0.6 is 0 Å². The summed E-state index contributed by atoms with van der Waals surface area (Å²) in [7, 11) is 2.14. The molecule has 5 rings (SSSR count). The second-order valence-electron chi connectivity index (χ2n) is 8.53. The summed E-state index contributed by atoms with van der Waals surface area (Å²) in [6.45, 7) is 6.69. The van der Waals surface area contributed by atoms with Crippen molar-refractivity contribution in [1.29, 1.82) is 0 Å². The molecule has 0 atom stereocenters. The van der Waals surface area contributed by atoms with E-state index in [4.69, 9.17) is 0 Å². The van der Waals surface area contributed by atoms with Crippen molar-refractivity contribution in [2.45, 2.75) is 12.8 Å². The van der Waals surface area contributed by atoms with Gasteiger partial charge in [0.15, 0.2) is 0 Å². The van der Waals surface area contributed by atoms with Gasteiger partial charge in [-0.2, -0.15) is 0 Å². The number of nitrogens with zero attached hydrogens (tertiary/aromatic N) is 5. The second-order valence-corrected chi connectivity index (χ2v) is 8.53. The fourth-order valence-electron chi connectivity index (χ4n) is 4.35. The number of anilines is 3. The average molecular weight is 392 g/mol. The predicted octanol–water partition coefficient (Wildman–Crippen LogP) is 2.71. The molecule has 0 spiro atoms. The van der Waals surface area contributed by atoms with Gasteiger partial charge in [-0.05, 0) is 50.1 Å². The molecule has 1 aliphatic carbocycles. The Morgan fingerprint density at radius 3 is 2.52 bits per heavy atom. The normalized spacial score (nSPS) is 20.0. The van der Waals surface area contributed by atoms with Crippen molar-refractivity contribution in [2.24, 2.45) is 5.92 Å². The van der Waals surface area contributed by atoms with Gasteiger partial charge >= 0.3 is 0 Å². The number of aromatic nitrogens is 1. The summed E-state index contributed by atoms with van der Waals surface area (Å²) >= 11 is 0. The molecule has 3 heterocycles. The van der Waals surface area contributed by atoms with Crippen LogP contribution in [0.2, 0.25) is 0 Å². The Balaban J connectivity index is 1.38. The maximum atomic E-state index is 13.4. The molecule has 1 aromatic heterocycles. The molecule has 0 bridgehead atoms. The first-order valence-electron chi connectivity index (χ1n) is 10.7. The molecule has 1 aromatic carbocycles. The van der Waals surface area contributed by atoms with Gasteiger partial charge in [0.2, 0.25) is 0 Å². The summed E-state index contributed by atoms with van der Waals surface area (Å²) in [5.74, 6) is 1.81. The zero-order valence-corrected chi connectivity index (χ0v) is 17.1. The summed E-state index contributed by atoms with van der Waals surface area (Å²) in [4.78, 5) is 27.0. The van der Waals surface area contributed by atoms with Crippen LogP contribution in [0.25, 0.3) is 0 Å². The maximum absolute atomic E-state index is 13.4. The van der Waals surface area contributed by atoms with Crippen LogP contribution in [0.15, 0.2) is 42.6 Å². The number of amides is 1. The van der Waals surface area contributed by atoms with Crippen molar-refractivity contribution in [1.82, 2.24) is 9.88 Å². The Morgan fingerprint density at radius 1 is 1.00 bits per heavy atom. The van der Waals surface area contributed by atoms with Gasteiger partial charge in [-0.25, -0.2) is 4.98 Å². The number of likely N-dealkylation sites (N-methyl/N-ethyl adjacent to an activating group) is 1. The van der Waals surface area contributed by atoms with E-state index < -0.39 is 0 Å². The molecule has 6 heteroatoms. The molecule has 1 amide bonds. The first kappa shape index (κ1) is 18.4. The van der Waals surface area contributed by atoms with Crippen molar-refractivity contribution in [3.05, 3.63) is 48.2 Å². The fourth-order valence-corrected chi connectivity index (χ4v) is 4.35. The third-order valence-corrected chi connectivity index (χ3v) is 6.35. The van der Waals surface area contributed by atoms with Crippen molar-refractivity contribution in [3.63, 3.8) is 0 Å². The minimum absolute atomic E-state index is 0.0706. The molecule has 1 saturated heterocycles. The van der Waals surface area contributed by atoms with Gasteiger partial charge in [0.05, 0.1) is 11.4 Å². The molecule has 2 fully saturated rings. The highest BCUT2D eigenvalue weighted by Crippen LogP contribution is 2.37. The summed E-state index contributed by atoms with van der Waals surface area (Å²) in [5.41, 5.74) is 2.94. The lowest BCUT2D eigenvalue weighted by Crippen LogP contribution is -2.45. The highest BCUT2D eigenvalue weighted by Gasteiger charge is 2.31. The molecule has 0 radical (unpaired) electrons. The lowest BCUT2D eigenvalue weighted by atomic mass is 10.1. The minimum atomic E-state index is 0.0706. The molecule has 0 N–H and O–H groups in total. The predicted molar refractivity (Wildman–Crippen MR) is 117 cm³/mol. The molecule has 152 valence electrons. The Bertz CT molecular complexity index is 888. The monoisotopic (exact) mass is 391 g/mol. The standard InChI is InChI=1S/C23H29N5O/c1-25-10-12-26(13-11-25)22-16-19(8-9-24-22)23(29)28-15-14-27(17-18-6-7-18)20-4-2-3-5-21(20)28/h2-5,8-9,16,18H,6-7,10-15,17H2,1H3. The lowest BCUT2D eigenvalue weighted by Gasteiger charge is -2.38. The fraction of sp³-hybridized carbons (Fsp3) is 0.478. The molecular formula is C23H29N5O. The number of carbonyl (C=O) groups is 1. The molecule has 6 nitrogen and oxygen atoms in total. The van der Waals surface area contributed by atoms with Gasteiger partial charge in [0.1, 0.15) is 5.82 Å². The van der Waals surface area contributed by atoms with Gasteiger partial charge in [-0.3, -0.25) is 4.79 Å². The van der Waals surface area contributed by atoms with E-state index in [1.807, 2.05) is 23.1 Å². The zero-order valence-electron chi connectivity index (χ0n) is 17.1. The van der Waals surface area contributed by atoms with Gasteiger partial charge in [0.25, 0.3) is 5.91 Å². The van der Waals surface area contributed by atoms with Crippen LogP contribution in [0.4, 0.5) is 17.2 Å². The average Bonchev–Trinajstić information content (AvgIpc) is 3.58. The molecule has 3 aliphatic rings. The molecular weight excluding hydrogens is 362 g/mol. The van der Waals surface area contributed by atoms with Gasteiger partial charge in [-0.15, -0.1) is 0 Å². The third kappa shape index (κ3) is 3.81. The number of carbonyl (C=O) groups excluding carboxylic acids is 1. The largest absolute Gasteiger partial charge is 0.368 e. The minimum Gasteiger partial charge on any atom is -0.368 e. The Labute approximate surface area is 172 Å². The number of hydrogen-bond donors (Lipinski definition) is 0. The van der Waals surface area contributed by atoms with E-state index in [-0.39, 0.29) is 5.91 Å². The maximum Gasteiger partial charge on any atom is 0.258 e. The topological polar surface area (TPSA) is 42.9 Å². The van der Waals surface area contributed by atoms with Crippen LogP contribution in [-0.4, -0.2) is 68.7 Å². The van der Waals surface area contributed by atoms with E-state index in [9.17, 15) is 4.79 Å². The van der Waals surface area contributed by atoms with E-state index in [0.29, 0.717) is 0 Å². The zero-order chi connectivity index (χ0) is 19.8. The second kappa shape index (κ2) is 7.67. The quantitative estimate of drug-likeness (QED) is 0.802. The van der Waals surface area contributed by atoms with Crippen molar-refractivity contribution < 1.29 is 4.79 Å². The van der Waals surface area contributed by atoms with E-state index in [1.165, 1.54) is 18.5 Å². The highest BCUT2D eigenvalue weighted by molar-refractivity contribution is 6.08. The van der Waals surface area contributed by atoms with Crippen LogP contribution in [-0.2, 0) is 0 Å². The number of para-hydroxylation sites is 2. The number of benzene rings is 1. The Hall–Kier alpha value is -2.60. The molecule has 1 saturated carbocycles. The van der Waals surface area contributed by atoms with Crippen LogP contribution in [0.1, 0.15) is 23.2 Å². The first-order valence-corrected chi connectivity index (χ1v) is 10.7. The van der Waals surface area contributed by atoms with Crippen LogP contribution < -0.4 is 14.7 Å². The smallest absolute Gasteiger partial charge is 0.258 e. The van der Waals surface area contributed by atoms with E-state index >= 15 is 0 Å². The third-order valence-electron chi connectivity index (χ3n) is 6.35. The molecule has 29 heavy (non-hydrogen) atoms. The molecule has 0 unspecified atom stereocenters. The lowest BCUT2D eigenvalue weighted by molar-refractivity contribution is 0.0986. The van der Waals surface area contributed by atoms with E-state index in [2.05, 4.69) is 44.9 Å². The molecule has 2 aromatic rings. The summed E-state index contributed by atoms with van der Waals surface area (Å²) in [5, 5.41) is 0. The summed E-state index contributed by atoms with van der Waals surface area (Å²) < 4.78 is 0.